The van der Waals surface area contributed by atoms with Crippen LogP contribution in [0.25, 0.3) is 11.0 Å². The first-order valence-corrected chi connectivity index (χ1v) is 7.27. The number of rotatable bonds is 4. The van der Waals surface area contributed by atoms with Gasteiger partial charge < -0.3 is 10.3 Å². The molecule has 0 aliphatic carbocycles. The molecule has 1 aromatic heterocycles. The quantitative estimate of drug-likeness (QED) is 0.883. The van der Waals surface area contributed by atoms with Gasteiger partial charge >= 0.3 is 0 Å². The van der Waals surface area contributed by atoms with E-state index in [2.05, 4.69) is 4.98 Å². The van der Waals surface area contributed by atoms with Crippen LogP contribution in [0.1, 0.15) is 6.92 Å². The van der Waals surface area contributed by atoms with Gasteiger partial charge in [0.15, 0.2) is 9.84 Å². The molecule has 0 saturated carbocycles. The third-order valence-electron chi connectivity index (χ3n) is 2.75. The van der Waals surface area contributed by atoms with Crippen LogP contribution < -0.4 is 5.73 Å². The molecule has 0 spiro atoms. The summed E-state index contributed by atoms with van der Waals surface area (Å²) in [5.74, 6) is 0.602. The highest BCUT2D eigenvalue weighted by molar-refractivity contribution is 7.91. The number of nitrogens with two attached hydrogens (primary N) is 1. The zero-order valence-corrected chi connectivity index (χ0v) is 10.4. The van der Waals surface area contributed by atoms with Gasteiger partial charge in [0, 0.05) is 12.3 Å². The topological polar surface area (TPSA) is 78.0 Å². The van der Waals surface area contributed by atoms with Gasteiger partial charge in [0.25, 0.3) is 0 Å². The molecule has 0 saturated heterocycles. The van der Waals surface area contributed by atoms with Gasteiger partial charge in [-0.2, -0.15) is 0 Å². The molecular formula is C11H15N3O2S. The van der Waals surface area contributed by atoms with E-state index in [1.807, 2.05) is 24.3 Å². The van der Waals surface area contributed by atoms with Crippen LogP contribution >= 0.6 is 0 Å². The van der Waals surface area contributed by atoms with E-state index in [0.717, 1.165) is 11.0 Å². The average Bonchev–Trinajstić information content (AvgIpc) is 2.62. The van der Waals surface area contributed by atoms with Crippen LogP contribution in [0.15, 0.2) is 24.3 Å². The largest absolute Gasteiger partial charge is 0.369 e. The Bertz CT molecular complexity index is 631. The predicted molar refractivity (Wildman–Crippen MR) is 68.5 cm³/mol. The highest BCUT2D eigenvalue weighted by Gasteiger charge is 2.11. The number of nitrogen functional groups attached to an aromatic ring is 1. The summed E-state index contributed by atoms with van der Waals surface area (Å²) >= 11 is 0. The molecule has 1 heterocycles. The number of benzene rings is 1. The maximum atomic E-state index is 11.5. The molecule has 0 bridgehead atoms. The van der Waals surface area contributed by atoms with E-state index in [0.29, 0.717) is 12.5 Å². The first-order valence-electron chi connectivity index (χ1n) is 5.44. The van der Waals surface area contributed by atoms with Crippen molar-refractivity contribution in [2.24, 2.45) is 0 Å². The molecule has 2 rings (SSSR count). The second-order valence-corrected chi connectivity index (χ2v) is 6.32. The third-order valence-corrected chi connectivity index (χ3v) is 4.43. The van der Waals surface area contributed by atoms with Crippen molar-refractivity contribution in [2.45, 2.75) is 13.5 Å². The van der Waals surface area contributed by atoms with Crippen LogP contribution in [0, 0.1) is 0 Å². The van der Waals surface area contributed by atoms with Crippen LogP contribution in [0.3, 0.4) is 0 Å². The van der Waals surface area contributed by atoms with Crippen molar-refractivity contribution in [1.29, 1.82) is 0 Å². The molecule has 6 heteroatoms. The van der Waals surface area contributed by atoms with Gasteiger partial charge in [-0.05, 0) is 12.1 Å². The lowest BCUT2D eigenvalue weighted by atomic mass is 10.3. The molecule has 0 fully saturated rings. The summed E-state index contributed by atoms with van der Waals surface area (Å²) in [6.07, 6.45) is 0. The van der Waals surface area contributed by atoms with Crippen molar-refractivity contribution in [3.05, 3.63) is 24.3 Å². The van der Waals surface area contributed by atoms with Gasteiger partial charge in [-0.15, -0.1) is 0 Å². The van der Waals surface area contributed by atoms with E-state index in [4.69, 9.17) is 5.73 Å². The van der Waals surface area contributed by atoms with E-state index in [-0.39, 0.29) is 11.5 Å². The molecule has 0 unspecified atom stereocenters. The molecule has 2 aromatic rings. The summed E-state index contributed by atoms with van der Waals surface area (Å²) in [4.78, 5) is 4.19. The van der Waals surface area contributed by atoms with Crippen LogP contribution in [0.4, 0.5) is 5.95 Å². The molecule has 0 aliphatic heterocycles. The molecule has 17 heavy (non-hydrogen) atoms. The fraction of sp³-hybridized carbons (Fsp3) is 0.364. The minimum atomic E-state index is -2.99. The molecule has 92 valence electrons. The number of fused-ring (bicyclic) bond motifs is 1. The SMILES string of the molecule is CCS(=O)(=O)CCn1c(N)nc2ccccc21. The summed E-state index contributed by atoms with van der Waals surface area (Å²) in [6.45, 7) is 1.99. The van der Waals surface area contributed by atoms with E-state index >= 15 is 0 Å². The fourth-order valence-electron chi connectivity index (χ4n) is 1.70. The smallest absolute Gasteiger partial charge is 0.201 e. The Morgan fingerprint density at radius 1 is 1.35 bits per heavy atom. The molecule has 0 amide bonds. The first kappa shape index (κ1) is 11.9. The van der Waals surface area contributed by atoms with Crippen molar-refractivity contribution >= 4 is 26.8 Å². The molecule has 5 nitrogen and oxygen atoms in total. The average molecular weight is 253 g/mol. The van der Waals surface area contributed by atoms with Gasteiger partial charge in [-0.25, -0.2) is 13.4 Å². The van der Waals surface area contributed by atoms with E-state index < -0.39 is 9.84 Å². The summed E-state index contributed by atoms with van der Waals surface area (Å²) in [5, 5.41) is 0. The fourth-order valence-corrected chi connectivity index (χ4v) is 2.45. The van der Waals surface area contributed by atoms with Gasteiger partial charge in [-0.1, -0.05) is 19.1 Å². The monoisotopic (exact) mass is 253 g/mol. The molecule has 0 aliphatic rings. The van der Waals surface area contributed by atoms with Crippen LogP contribution in [-0.2, 0) is 16.4 Å². The van der Waals surface area contributed by atoms with Gasteiger partial charge in [0.1, 0.15) is 0 Å². The normalized spacial score (nSPS) is 12.1. The minimum absolute atomic E-state index is 0.0913. The minimum Gasteiger partial charge on any atom is -0.369 e. The van der Waals surface area contributed by atoms with E-state index in [1.54, 1.807) is 11.5 Å². The molecule has 0 radical (unpaired) electrons. The predicted octanol–water partition coefficient (Wildman–Crippen LogP) is 1.05. The lowest BCUT2D eigenvalue weighted by Gasteiger charge is -2.06. The van der Waals surface area contributed by atoms with Crippen molar-refractivity contribution in [2.75, 3.05) is 17.2 Å². The number of hydrogen-bond donors (Lipinski definition) is 1. The number of para-hydroxylation sites is 2. The first-order chi connectivity index (χ1) is 8.03. The van der Waals surface area contributed by atoms with Crippen molar-refractivity contribution in [3.63, 3.8) is 0 Å². The van der Waals surface area contributed by atoms with Crippen LogP contribution in [-0.4, -0.2) is 29.5 Å². The van der Waals surface area contributed by atoms with Crippen molar-refractivity contribution in [3.8, 4) is 0 Å². The summed E-state index contributed by atoms with van der Waals surface area (Å²) < 4.78 is 24.7. The number of imidazole rings is 1. The number of aryl methyl sites for hydroxylation is 1. The lowest BCUT2D eigenvalue weighted by molar-refractivity contribution is 0.591. The maximum absolute atomic E-state index is 11.5. The van der Waals surface area contributed by atoms with Crippen LogP contribution in [0.5, 0.6) is 0 Å². The van der Waals surface area contributed by atoms with Crippen LogP contribution in [0.2, 0.25) is 0 Å². The second kappa shape index (κ2) is 4.37. The zero-order valence-electron chi connectivity index (χ0n) is 9.63. The van der Waals surface area contributed by atoms with Crippen molar-refractivity contribution < 1.29 is 8.42 Å². The number of aromatic nitrogens is 2. The number of nitrogens with zero attached hydrogens (tertiary/aromatic N) is 2. The summed E-state index contributed by atoms with van der Waals surface area (Å²) in [7, 11) is -2.99. The van der Waals surface area contributed by atoms with Gasteiger partial charge in [0.05, 0.1) is 16.8 Å². The maximum Gasteiger partial charge on any atom is 0.201 e. The highest BCUT2D eigenvalue weighted by Crippen LogP contribution is 2.17. The summed E-state index contributed by atoms with van der Waals surface area (Å²) in [5.41, 5.74) is 7.44. The van der Waals surface area contributed by atoms with Crippen molar-refractivity contribution in [1.82, 2.24) is 9.55 Å². The highest BCUT2D eigenvalue weighted by atomic mass is 32.2. The Hall–Kier alpha value is -1.56. The molecule has 1 aromatic carbocycles. The number of sulfone groups is 1. The van der Waals surface area contributed by atoms with E-state index in [1.165, 1.54) is 0 Å². The molecule has 2 N–H and O–H groups in total. The Kier molecular flexibility index (Phi) is 3.06. The Labute approximate surface area is 100 Å². The Balaban J connectivity index is 2.33. The van der Waals surface area contributed by atoms with E-state index in [9.17, 15) is 8.42 Å². The van der Waals surface area contributed by atoms with Gasteiger partial charge in [0.2, 0.25) is 5.95 Å². The third kappa shape index (κ3) is 2.41. The lowest BCUT2D eigenvalue weighted by Crippen LogP contribution is -2.15. The number of anilines is 1. The molecule has 0 atom stereocenters. The summed E-state index contributed by atoms with van der Waals surface area (Å²) in [6, 6.07) is 7.50. The Morgan fingerprint density at radius 2 is 2.06 bits per heavy atom. The Morgan fingerprint density at radius 3 is 2.76 bits per heavy atom. The number of hydrogen-bond acceptors (Lipinski definition) is 4. The zero-order chi connectivity index (χ0) is 12.5. The van der Waals surface area contributed by atoms with Gasteiger partial charge in [-0.3, -0.25) is 0 Å². The second-order valence-electron chi connectivity index (χ2n) is 3.85. The molecular weight excluding hydrogens is 238 g/mol. The standard InChI is InChI=1S/C11H15N3O2S/c1-2-17(15,16)8-7-14-10-6-4-3-5-9(10)13-11(14)12/h3-6H,2,7-8H2,1H3,(H2,12,13).